The van der Waals surface area contributed by atoms with Gasteiger partial charge in [0.15, 0.2) is 12.4 Å². The van der Waals surface area contributed by atoms with Gasteiger partial charge in [0.25, 0.3) is 11.8 Å². The molecule has 7 nitrogen and oxygen atoms in total. The molecule has 0 atom stereocenters. The normalized spacial score (nSPS) is 10.4. The van der Waals surface area contributed by atoms with Crippen LogP contribution in [0.1, 0.15) is 29.0 Å². The summed E-state index contributed by atoms with van der Waals surface area (Å²) >= 11 is 0. The van der Waals surface area contributed by atoms with Crippen LogP contribution in [0.2, 0.25) is 0 Å². The van der Waals surface area contributed by atoms with Crippen molar-refractivity contribution in [2.45, 2.75) is 20.5 Å². The number of carbonyl (C=O) groups excluding carboxylic acids is 1. The highest BCUT2D eigenvalue weighted by atomic mass is 16.5. The summed E-state index contributed by atoms with van der Waals surface area (Å²) in [5.41, 5.74) is 1.23. The molecule has 0 spiro atoms. The molecular weight excluding hydrogens is 334 g/mol. The minimum Gasteiger partial charge on any atom is -0.494 e. The predicted molar refractivity (Wildman–Crippen MR) is 95.4 cm³/mol. The van der Waals surface area contributed by atoms with Gasteiger partial charge in [0.05, 0.1) is 6.61 Å². The molecule has 0 unspecified atom stereocenters. The number of amides is 1. The van der Waals surface area contributed by atoms with Crippen LogP contribution in [0.5, 0.6) is 11.5 Å². The van der Waals surface area contributed by atoms with Gasteiger partial charge < -0.3 is 19.3 Å². The highest BCUT2D eigenvalue weighted by molar-refractivity contribution is 6.04. The van der Waals surface area contributed by atoms with Gasteiger partial charge in [-0.15, -0.1) is 0 Å². The Labute approximate surface area is 150 Å². The van der Waals surface area contributed by atoms with E-state index in [0.29, 0.717) is 35.3 Å². The quantitative estimate of drug-likeness (QED) is 0.698. The molecule has 3 rings (SSSR count). The summed E-state index contributed by atoms with van der Waals surface area (Å²) in [5, 5.41) is 6.54. The third-order valence-corrected chi connectivity index (χ3v) is 3.47. The molecule has 1 amide bonds. The molecule has 7 heteroatoms. The molecule has 0 aliphatic carbocycles. The molecule has 1 aromatic heterocycles. The zero-order chi connectivity index (χ0) is 18.4. The first-order chi connectivity index (χ1) is 12.6. The van der Waals surface area contributed by atoms with Crippen molar-refractivity contribution in [3.8, 4) is 11.5 Å². The van der Waals surface area contributed by atoms with Crippen molar-refractivity contribution in [1.29, 1.82) is 0 Å². The molecule has 0 aliphatic heterocycles. The Morgan fingerprint density at radius 1 is 1.04 bits per heavy atom. The Morgan fingerprint density at radius 3 is 2.31 bits per heavy atom. The average molecular weight is 353 g/mol. The average Bonchev–Trinajstić information content (AvgIpc) is 3.07. The number of aryl methyl sites for hydroxylation is 1. The summed E-state index contributed by atoms with van der Waals surface area (Å²) in [6.45, 7) is 4.44. The summed E-state index contributed by atoms with van der Waals surface area (Å²) in [7, 11) is 0. The number of aromatic nitrogens is 2. The van der Waals surface area contributed by atoms with Crippen molar-refractivity contribution in [1.82, 2.24) is 10.1 Å². The molecular formula is C19H19N3O4. The van der Waals surface area contributed by atoms with Crippen LogP contribution in [0.4, 0.5) is 5.69 Å². The number of benzene rings is 2. The van der Waals surface area contributed by atoms with Gasteiger partial charge in [-0.05, 0) is 62.4 Å². The Bertz CT molecular complexity index is 857. The van der Waals surface area contributed by atoms with E-state index in [0.717, 1.165) is 5.75 Å². The second-order valence-corrected chi connectivity index (χ2v) is 5.46. The number of hydrogen-bond donors (Lipinski definition) is 1. The highest BCUT2D eigenvalue weighted by Gasteiger charge is 2.07. The fraction of sp³-hybridized carbons (Fsp3) is 0.211. The summed E-state index contributed by atoms with van der Waals surface area (Å²) in [6, 6.07) is 14.0. The number of anilines is 1. The molecule has 2 aromatic carbocycles. The van der Waals surface area contributed by atoms with Gasteiger partial charge in [0.1, 0.15) is 11.5 Å². The van der Waals surface area contributed by atoms with Gasteiger partial charge in [0, 0.05) is 11.3 Å². The Morgan fingerprint density at radius 2 is 1.69 bits per heavy atom. The standard InChI is InChI=1S/C19H19N3O4/c1-3-24-16-8-4-14(5-9-16)19(23)21-15-6-10-17(11-7-15)25-12-18-20-13(2)22-26-18/h4-11H,3,12H2,1-2H3,(H,21,23). The Kier molecular flexibility index (Phi) is 5.48. The number of rotatable bonds is 7. The van der Waals surface area contributed by atoms with E-state index in [1.54, 1.807) is 55.5 Å². The van der Waals surface area contributed by atoms with E-state index in [-0.39, 0.29) is 12.5 Å². The molecule has 0 radical (unpaired) electrons. The number of carbonyl (C=O) groups is 1. The van der Waals surface area contributed by atoms with Crippen molar-refractivity contribution in [3.63, 3.8) is 0 Å². The maximum absolute atomic E-state index is 12.3. The highest BCUT2D eigenvalue weighted by Crippen LogP contribution is 2.18. The van der Waals surface area contributed by atoms with Crippen LogP contribution in [0, 0.1) is 6.92 Å². The van der Waals surface area contributed by atoms with E-state index in [1.165, 1.54) is 0 Å². The molecule has 1 heterocycles. The number of ether oxygens (including phenoxy) is 2. The van der Waals surface area contributed by atoms with Crippen LogP contribution in [-0.2, 0) is 6.61 Å². The van der Waals surface area contributed by atoms with Gasteiger partial charge in [-0.3, -0.25) is 4.79 Å². The lowest BCUT2D eigenvalue weighted by molar-refractivity contribution is 0.102. The third kappa shape index (κ3) is 4.60. The van der Waals surface area contributed by atoms with Crippen LogP contribution in [0.25, 0.3) is 0 Å². The van der Waals surface area contributed by atoms with E-state index in [2.05, 4.69) is 15.5 Å². The molecule has 0 saturated carbocycles. The van der Waals surface area contributed by atoms with E-state index in [4.69, 9.17) is 14.0 Å². The molecule has 0 saturated heterocycles. The van der Waals surface area contributed by atoms with Crippen LogP contribution in [0.15, 0.2) is 53.1 Å². The van der Waals surface area contributed by atoms with Gasteiger partial charge in [-0.2, -0.15) is 4.98 Å². The lowest BCUT2D eigenvalue weighted by Gasteiger charge is -2.08. The number of hydrogen-bond acceptors (Lipinski definition) is 6. The van der Waals surface area contributed by atoms with E-state index < -0.39 is 0 Å². The zero-order valence-corrected chi connectivity index (χ0v) is 14.6. The van der Waals surface area contributed by atoms with Crippen molar-refractivity contribution in [3.05, 3.63) is 65.8 Å². The first-order valence-corrected chi connectivity index (χ1v) is 8.20. The largest absolute Gasteiger partial charge is 0.494 e. The van der Waals surface area contributed by atoms with Crippen molar-refractivity contribution in [2.24, 2.45) is 0 Å². The van der Waals surface area contributed by atoms with Crippen molar-refractivity contribution in [2.75, 3.05) is 11.9 Å². The van der Waals surface area contributed by atoms with E-state index in [9.17, 15) is 4.79 Å². The molecule has 1 N–H and O–H groups in total. The van der Waals surface area contributed by atoms with Gasteiger partial charge in [0.2, 0.25) is 0 Å². The maximum Gasteiger partial charge on any atom is 0.264 e. The molecule has 0 fully saturated rings. The molecule has 0 aliphatic rings. The monoisotopic (exact) mass is 353 g/mol. The molecule has 26 heavy (non-hydrogen) atoms. The Balaban J connectivity index is 1.55. The van der Waals surface area contributed by atoms with Crippen LogP contribution >= 0.6 is 0 Å². The summed E-state index contributed by atoms with van der Waals surface area (Å²) in [6.07, 6.45) is 0. The second-order valence-electron chi connectivity index (χ2n) is 5.46. The SMILES string of the molecule is CCOc1ccc(C(=O)Nc2ccc(OCc3nc(C)no3)cc2)cc1. The molecule has 0 bridgehead atoms. The first-order valence-electron chi connectivity index (χ1n) is 8.20. The van der Waals surface area contributed by atoms with Gasteiger partial charge in [-0.1, -0.05) is 5.16 Å². The fourth-order valence-corrected chi connectivity index (χ4v) is 2.25. The lowest BCUT2D eigenvalue weighted by atomic mass is 10.2. The minimum absolute atomic E-state index is 0.192. The third-order valence-electron chi connectivity index (χ3n) is 3.47. The summed E-state index contributed by atoms with van der Waals surface area (Å²) in [4.78, 5) is 16.3. The Hall–Kier alpha value is -3.35. The smallest absolute Gasteiger partial charge is 0.264 e. The minimum atomic E-state index is -0.192. The zero-order valence-electron chi connectivity index (χ0n) is 14.6. The molecule has 134 valence electrons. The second kappa shape index (κ2) is 8.15. The van der Waals surface area contributed by atoms with Crippen molar-refractivity contribution < 1.29 is 18.8 Å². The van der Waals surface area contributed by atoms with Gasteiger partial charge >= 0.3 is 0 Å². The van der Waals surface area contributed by atoms with Crippen LogP contribution < -0.4 is 14.8 Å². The molecule has 3 aromatic rings. The number of nitrogens with one attached hydrogen (secondary N) is 1. The fourth-order valence-electron chi connectivity index (χ4n) is 2.25. The lowest BCUT2D eigenvalue weighted by Crippen LogP contribution is -2.11. The van der Waals surface area contributed by atoms with Crippen LogP contribution in [-0.4, -0.2) is 22.7 Å². The predicted octanol–water partition coefficient (Wildman–Crippen LogP) is 3.61. The summed E-state index contributed by atoms with van der Waals surface area (Å²) < 4.78 is 15.9. The topological polar surface area (TPSA) is 86.5 Å². The maximum atomic E-state index is 12.3. The van der Waals surface area contributed by atoms with Gasteiger partial charge in [-0.25, -0.2) is 0 Å². The van der Waals surface area contributed by atoms with E-state index in [1.807, 2.05) is 6.92 Å². The van der Waals surface area contributed by atoms with E-state index >= 15 is 0 Å². The van der Waals surface area contributed by atoms with Crippen molar-refractivity contribution >= 4 is 11.6 Å². The van der Waals surface area contributed by atoms with Crippen LogP contribution in [0.3, 0.4) is 0 Å². The summed E-state index contributed by atoms with van der Waals surface area (Å²) in [5.74, 6) is 2.16. The first kappa shape index (κ1) is 17.5. The number of nitrogens with zero attached hydrogens (tertiary/aromatic N) is 2.